The van der Waals surface area contributed by atoms with Crippen LogP contribution in [0.2, 0.25) is 0 Å². The second-order valence-corrected chi connectivity index (χ2v) is 7.46. The lowest BCUT2D eigenvalue weighted by molar-refractivity contribution is 0.0746. The van der Waals surface area contributed by atoms with E-state index in [9.17, 15) is 4.79 Å². The Morgan fingerprint density at radius 3 is 2.50 bits per heavy atom. The molecule has 6 nitrogen and oxygen atoms in total. The molecule has 0 bridgehead atoms. The van der Waals surface area contributed by atoms with Crippen molar-refractivity contribution in [1.29, 1.82) is 0 Å². The van der Waals surface area contributed by atoms with Gasteiger partial charge in [-0.3, -0.25) is 9.78 Å². The van der Waals surface area contributed by atoms with Gasteiger partial charge in [-0.25, -0.2) is 9.97 Å². The highest BCUT2D eigenvalue weighted by Crippen LogP contribution is 2.39. The number of pyridine rings is 1. The van der Waals surface area contributed by atoms with Gasteiger partial charge in [0.05, 0.1) is 0 Å². The summed E-state index contributed by atoms with van der Waals surface area (Å²) < 4.78 is 0. The summed E-state index contributed by atoms with van der Waals surface area (Å²) in [6.07, 6.45) is 5.98. The molecule has 1 aliphatic carbocycles. The lowest BCUT2D eigenvalue weighted by Gasteiger charge is -2.35. The molecule has 0 atom stereocenters. The number of rotatable bonds is 4. The third-order valence-electron chi connectivity index (χ3n) is 5.13. The van der Waals surface area contributed by atoms with Crippen molar-refractivity contribution >= 4 is 11.9 Å². The molecule has 2 aromatic heterocycles. The maximum absolute atomic E-state index is 12.8. The van der Waals surface area contributed by atoms with Crippen LogP contribution in [0.5, 0.6) is 0 Å². The molecule has 2 aromatic rings. The van der Waals surface area contributed by atoms with E-state index in [0.29, 0.717) is 24.9 Å². The molecule has 3 heterocycles. The Morgan fingerprint density at radius 1 is 1.08 bits per heavy atom. The van der Waals surface area contributed by atoms with E-state index in [2.05, 4.69) is 33.7 Å². The van der Waals surface area contributed by atoms with Crippen LogP contribution in [0, 0.1) is 0 Å². The standard InChI is InChI=1S/C20H25N5O/c1-14(2)17-6-8-22-20(23-17)25-11-9-24(10-12-25)19(26)16-5-7-21-18(13-16)15-3-4-15/h5-8,13-15H,3-4,9-12H2,1-2H3. The smallest absolute Gasteiger partial charge is 0.254 e. The summed E-state index contributed by atoms with van der Waals surface area (Å²) in [7, 11) is 0. The average molecular weight is 351 g/mol. The van der Waals surface area contributed by atoms with Gasteiger partial charge in [0, 0.05) is 61.4 Å². The Kier molecular flexibility index (Phi) is 4.57. The molecule has 4 rings (SSSR count). The minimum absolute atomic E-state index is 0.103. The van der Waals surface area contributed by atoms with Gasteiger partial charge in [-0.05, 0) is 37.0 Å². The van der Waals surface area contributed by atoms with Gasteiger partial charge < -0.3 is 9.80 Å². The van der Waals surface area contributed by atoms with Gasteiger partial charge in [0.25, 0.3) is 5.91 Å². The van der Waals surface area contributed by atoms with E-state index in [1.807, 2.05) is 29.3 Å². The van der Waals surface area contributed by atoms with Crippen molar-refractivity contribution in [1.82, 2.24) is 19.9 Å². The van der Waals surface area contributed by atoms with E-state index in [-0.39, 0.29) is 5.91 Å². The lowest BCUT2D eigenvalue weighted by atomic mass is 10.1. The minimum Gasteiger partial charge on any atom is -0.337 e. The molecule has 0 aromatic carbocycles. The molecule has 0 spiro atoms. The number of aromatic nitrogens is 3. The number of amides is 1. The molecular weight excluding hydrogens is 326 g/mol. The number of carbonyl (C=O) groups is 1. The van der Waals surface area contributed by atoms with Crippen molar-refractivity contribution in [3.8, 4) is 0 Å². The molecule has 6 heteroatoms. The molecule has 1 saturated heterocycles. The number of hydrogen-bond donors (Lipinski definition) is 0. The van der Waals surface area contributed by atoms with Crippen molar-refractivity contribution in [3.63, 3.8) is 0 Å². The summed E-state index contributed by atoms with van der Waals surface area (Å²) in [6, 6.07) is 5.77. The molecule has 1 amide bonds. The molecule has 0 N–H and O–H groups in total. The summed E-state index contributed by atoms with van der Waals surface area (Å²) in [5, 5.41) is 0. The van der Waals surface area contributed by atoms with Crippen molar-refractivity contribution in [2.75, 3.05) is 31.1 Å². The zero-order chi connectivity index (χ0) is 18.1. The fraction of sp³-hybridized carbons (Fsp3) is 0.500. The van der Waals surface area contributed by atoms with Crippen molar-refractivity contribution < 1.29 is 4.79 Å². The van der Waals surface area contributed by atoms with Crippen molar-refractivity contribution in [2.24, 2.45) is 0 Å². The number of carbonyl (C=O) groups excluding carboxylic acids is 1. The highest BCUT2D eigenvalue weighted by atomic mass is 16.2. The van der Waals surface area contributed by atoms with Crippen molar-refractivity contribution in [3.05, 3.63) is 47.5 Å². The summed E-state index contributed by atoms with van der Waals surface area (Å²) in [4.78, 5) is 30.4. The molecule has 2 fully saturated rings. The van der Waals surface area contributed by atoms with Gasteiger partial charge in [-0.2, -0.15) is 0 Å². The van der Waals surface area contributed by atoms with Crippen LogP contribution in [-0.4, -0.2) is 51.9 Å². The van der Waals surface area contributed by atoms with Gasteiger partial charge in [0.15, 0.2) is 0 Å². The number of piperazine rings is 1. The first-order valence-corrected chi connectivity index (χ1v) is 9.45. The summed E-state index contributed by atoms with van der Waals surface area (Å²) in [5.74, 6) is 1.81. The zero-order valence-electron chi connectivity index (χ0n) is 15.4. The molecule has 0 radical (unpaired) electrons. The SMILES string of the molecule is CC(C)c1ccnc(N2CCN(C(=O)c3ccnc(C4CC4)c3)CC2)n1. The van der Waals surface area contributed by atoms with Crippen LogP contribution >= 0.6 is 0 Å². The summed E-state index contributed by atoms with van der Waals surface area (Å²) in [5.41, 5.74) is 2.87. The molecule has 136 valence electrons. The molecule has 0 unspecified atom stereocenters. The zero-order valence-corrected chi connectivity index (χ0v) is 15.4. The van der Waals surface area contributed by atoms with Gasteiger partial charge in [-0.15, -0.1) is 0 Å². The molecule has 2 aliphatic rings. The highest BCUT2D eigenvalue weighted by Gasteiger charge is 2.27. The number of hydrogen-bond acceptors (Lipinski definition) is 5. The predicted molar refractivity (Wildman–Crippen MR) is 100 cm³/mol. The van der Waals surface area contributed by atoms with Crippen LogP contribution in [-0.2, 0) is 0 Å². The molecule has 1 saturated carbocycles. The Morgan fingerprint density at radius 2 is 1.81 bits per heavy atom. The first-order chi connectivity index (χ1) is 12.6. The first-order valence-electron chi connectivity index (χ1n) is 9.45. The highest BCUT2D eigenvalue weighted by molar-refractivity contribution is 5.94. The van der Waals surface area contributed by atoms with E-state index in [4.69, 9.17) is 0 Å². The van der Waals surface area contributed by atoms with Gasteiger partial charge in [0.2, 0.25) is 5.95 Å². The molecule has 26 heavy (non-hydrogen) atoms. The minimum atomic E-state index is 0.103. The number of nitrogens with zero attached hydrogens (tertiary/aromatic N) is 5. The van der Waals surface area contributed by atoms with E-state index in [1.165, 1.54) is 12.8 Å². The Bertz CT molecular complexity index is 794. The Hall–Kier alpha value is -2.50. The Labute approximate surface area is 154 Å². The van der Waals surface area contributed by atoms with E-state index in [1.54, 1.807) is 6.20 Å². The monoisotopic (exact) mass is 351 g/mol. The summed E-state index contributed by atoms with van der Waals surface area (Å²) >= 11 is 0. The Balaban J connectivity index is 1.41. The predicted octanol–water partition coefficient (Wildman–Crippen LogP) is 2.83. The van der Waals surface area contributed by atoms with Crippen LogP contribution < -0.4 is 4.90 Å². The van der Waals surface area contributed by atoms with Crippen LogP contribution in [0.15, 0.2) is 30.6 Å². The fourth-order valence-electron chi connectivity index (χ4n) is 3.31. The van der Waals surface area contributed by atoms with Crippen LogP contribution in [0.25, 0.3) is 0 Å². The van der Waals surface area contributed by atoms with Crippen LogP contribution in [0.1, 0.15) is 60.3 Å². The van der Waals surface area contributed by atoms with E-state index >= 15 is 0 Å². The third kappa shape index (κ3) is 3.54. The molecular formula is C20H25N5O. The van der Waals surface area contributed by atoms with Crippen LogP contribution in [0.4, 0.5) is 5.95 Å². The normalized spacial score (nSPS) is 17.7. The topological polar surface area (TPSA) is 62.2 Å². The number of anilines is 1. The largest absolute Gasteiger partial charge is 0.337 e. The van der Waals surface area contributed by atoms with E-state index in [0.717, 1.165) is 36.0 Å². The third-order valence-corrected chi connectivity index (χ3v) is 5.13. The second kappa shape index (κ2) is 7.02. The maximum Gasteiger partial charge on any atom is 0.254 e. The van der Waals surface area contributed by atoms with Crippen LogP contribution in [0.3, 0.4) is 0 Å². The quantitative estimate of drug-likeness (QED) is 0.848. The van der Waals surface area contributed by atoms with Gasteiger partial charge >= 0.3 is 0 Å². The summed E-state index contributed by atoms with van der Waals surface area (Å²) in [6.45, 7) is 7.16. The van der Waals surface area contributed by atoms with Gasteiger partial charge in [0.1, 0.15) is 0 Å². The fourth-order valence-corrected chi connectivity index (χ4v) is 3.31. The van der Waals surface area contributed by atoms with E-state index < -0.39 is 0 Å². The van der Waals surface area contributed by atoms with Crippen molar-refractivity contribution in [2.45, 2.75) is 38.5 Å². The lowest BCUT2D eigenvalue weighted by Crippen LogP contribution is -2.49. The first kappa shape index (κ1) is 16.9. The molecule has 1 aliphatic heterocycles. The second-order valence-electron chi connectivity index (χ2n) is 7.46. The average Bonchev–Trinajstić information content (AvgIpc) is 3.53. The maximum atomic E-state index is 12.8. The van der Waals surface area contributed by atoms with Gasteiger partial charge in [-0.1, -0.05) is 13.8 Å².